The van der Waals surface area contributed by atoms with Gasteiger partial charge in [-0.2, -0.15) is 0 Å². The van der Waals surface area contributed by atoms with Gasteiger partial charge in [-0.1, -0.05) is 13.3 Å². The molecule has 2 rings (SSSR count). The fourth-order valence-corrected chi connectivity index (χ4v) is 3.67. The first kappa shape index (κ1) is 15.3. The molecule has 2 heterocycles. The molecule has 19 heavy (non-hydrogen) atoms. The maximum Gasteiger partial charge on any atom is 0.0590 e. The smallest absolute Gasteiger partial charge is 0.0590 e. The van der Waals surface area contributed by atoms with Crippen molar-refractivity contribution in [2.24, 2.45) is 5.92 Å². The van der Waals surface area contributed by atoms with E-state index in [9.17, 15) is 0 Å². The molecule has 3 heteroatoms. The number of hydrogen-bond acceptors (Lipinski definition) is 3. The molecular weight excluding hydrogens is 236 g/mol. The minimum atomic E-state index is 0.533. The van der Waals surface area contributed by atoms with Gasteiger partial charge >= 0.3 is 0 Å². The third-order valence-electron chi connectivity index (χ3n) is 4.92. The quantitative estimate of drug-likeness (QED) is 0.801. The highest BCUT2D eigenvalue weighted by Crippen LogP contribution is 2.27. The third kappa shape index (κ3) is 4.73. The van der Waals surface area contributed by atoms with Crippen LogP contribution in [-0.2, 0) is 4.74 Å². The van der Waals surface area contributed by atoms with Crippen molar-refractivity contribution in [2.75, 3.05) is 33.3 Å². The lowest BCUT2D eigenvalue weighted by Gasteiger charge is -2.41. The van der Waals surface area contributed by atoms with E-state index in [0.29, 0.717) is 6.10 Å². The van der Waals surface area contributed by atoms with Crippen LogP contribution in [0.3, 0.4) is 0 Å². The molecule has 2 atom stereocenters. The van der Waals surface area contributed by atoms with Crippen molar-refractivity contribution in [2.45, 2.75) is 64.0 Å². The van der Waals surface area contributed by atoms with E-state index >= 15 is 0 Å². The van der Waals surface area contributed by atoms with Gasteiger partial charge in [0.2, 0.25) is 0 Å². The second-order valence-electron chi connectivity index (χ2n) is 6.33. The van der Waals surface area contributed by atoms with Crippen molar-refractivity contribution in [3.8, 4) is 0 Å². The lowest BCUT2D eigenvalue weighted by molar-refractivity contribution is -0.0371. The highest BCUT2D eigenvalue weighted by atomic mass is 16.5. The zero-order valence-electron chi connectivity index (χ0n) is 12.9. The van der Waals surface area contributed by atoms with E-state index in [-0.39, 0.29) is 0 Å². The highest BCUT2D eigenvalue weighted by molar-refractivity contribution is 4.83. The summed E-state index contributed by atoms with van der Waals surface area (Å²) in [6, 6.07) is 0.801. The Morgan fingerprint density at radius 2 is 1.95 bits per heavy atom. The van der Waals surface area contributed by atoms with E-state index in [2.05, 4.69) is 24.2 Å². The summed E-state index contributed by atoms with van der Waals surface area (Å²) in [5.74, 6) is 0.954. The van der Waals surface area contributed by atoms with Gasteiger partial charge in [0.15, 0.2) is 0 Å². The van der Waals surface area contributed by atoms with Crippen LogP contribution in [0.5, 0.6) is 0 Å². The molecule has 1 N–H and O–H groups in total. The van der Waals surface area contributed by atoms with Crippen molar-refractivity contribution in [1.82, 2.24) is 10.2 Å². The molecule has 2 saturated heterocycles. The Morgan fingerprint density at radius 3 is 2.63 bits per heavy atom. The topological polar surface area (TPSA) is 24.5 Å². The summed E-state index contributed by atoms with van der Waals surface area (Å²) in [6.45, 7) is 7.06. The first-order valence-corrected chi connectivity index (χ1v) is 8.33. The molecule has 3 nitrogen and oxygen atoms in total. The molecule has 2 aliphatic rings. The molecule has 0 bridgehead atoms. The van der Waals surface area contributed by atoms with Gasteiger partial charge in [-0.25, -0.2) is 0 Å². The largest absolute Gasteiger partial charge is 0.378 e. The van der Waals surface area contributed by atoms with Crippen LogP contribution in [0.1, 0.15) is 51.9 Å². The number of rotatable bonds is 6. The second kappa shape index (κ2) is 8.23. The summed E-state index contributed by atoms with van der Waals surface area (Å²) in [5.41, 5.74) is 0. The number of nitrogens with zero attached hydrogens (tertiary/aromatic N) is 1. The van der Waals surface area contributed by atoms with Gasteiger partial charge in [-0.05, 0) is 71.1 Å². The molecule has 0 spiro atoms. The Labute approximate surface area is 119 Å². The highest BCUT2D eigenvalue weighted by Gasteiger charge is 2.29. The fraction of sp³-hybridized carbons (Fsp3) is 1.00. The Hall–Kier alpha value is -0.120. The van der Waals surface area contributed by atoms with Crippen LogP contribution in [0, 0.1) is 5.92 Å². The van der Waals surface area contributed by atoms with Crippen LogP contribution in [0.4, 0.5) is 0 Å². The van der Waals surface area contributed by atoms with Gasteiger partial charge in [0.1, 0.15) is 0 Å². The lowest BCUT2D eigenvalue weighted by Crippen LogP contribution is -2.46. The van der Waals surface area contributed by atoms with E-state index in [4.69, 9.17) is 4.74 Å². The van der Waals surface area contributed by atoms with Gasteiger partial charge in [-0.15, -0.1) is 0 Å². The molecule has 0 aliphatic carbocycles. The number of piperidine rings is 1. The molecule has 2 fully saturated rings. The van der Waals surface area contributed by atoms with Crippen LogP contribution in [0.15, 0.2) is 0 Å². The number of nitrogens with one attached hydrogen (secondary N) is 1. The van der Waals surface area contributed by atoms with Crippen molar-refractivity contribution < 1.29 is 4.74 Å². The number of hydrogen-bond donors (Lipinski definition) is 1. The van der Waals surface area contributed by atoms with Crippen LogP contribution >= 0.6 is 0 Å². The Kier molecular flexibility index (Phi) is 6.62. The summed E-state index contributed by atoms with van der Waals surface area (Å²) in [6.07, 6.45) is 9.71. The van der Waals surface area contributed by atoms with Crippen molar-refractivity contribution >= 4 is 0 Å². The third-order valence-corrected chi connectivity index (χ3v) is 4.92. The molecule has 0 amide bonds. The Bertz CT molecular complexity index is 237. The van der Waals surface area contributed by atoms with Gasteiger partial charge in [0.05, 0.1) is 6.10 Å². The minimum Gasteiger partial charge on any atom is -0.378 e. The summed E-state index contributed by atoms with van der Waals surface area (Å²) >= 11 is 0. The number of ether oxygens (including phenoxy) is 1. The predicted molar refractivity (Wildman–Crippen MR) is 80.5 cm³/mol. The maximum atomic E-state index is 5.88. The summed E-state index contributed by atoms with van der Waals surface area (Å²) in [7, 11) is 2.06. The SMILES string of the molecule is CCCC1CC(N2CCC(CCNC)CC2)CCO1. The summed E-state index contributed by atoms with van der Waals surface area (Å²) < 4.78 is 5.88. The van der Waals surface area contributed by atoms with Gasteiger partial charge in [0, 0.05) is 12.6 Å². The molecule has 112 valence electrons. The second-order valence-corrected chi connectivity index (χ2v) is 6.33. The Morgan fingerprint density at radius 1 is 1.16 bits per heavy atom. The zero-order chi connectivity index (χ0) is 13.5. The molecule has 2 aliphatic heterocycles. The summed E-state index contributed by atoms with van der Waals surface area (Å²) in [4.78, 5) is 2.75. The summed E-state index contributed by atoms with van der Waals surface area (Å²) in [5, 5.41) is 3.28. The predicted octanol–water partition coefficient (Wildman–Crippen LogP) is 2.66. The van der Waals surface area contributed by atoms with Gasteiger partial charge in [-0.3, -0.25) is 0 Å². The van der Waals surface area contributed by atoms with E-state index in [1.165, 1.54) is 64.6 Å². The van der Waals surface area contributed by atoms with Gasteiger partial charge in [0.25, 0.3) is 0 Å². The lowest BCUT2D eigenvalue weighted by atomic mass is 9.90. The minimum absolute atomic E-state index is 0.533. The molecule has 0 aromatic heterocycles. The van der Waals surface area contributed by atoms with E-state index in [1.54, 1.807) is 0 Å². The van der Waals surface area contributed by atoms with Gasteiger partial charge < -0.3 is 15.0 Å². The van der Waals surface area contributed by atoms with E-state index < -0.39 is 0 Å². The Balaban J connectivity index is 1.71. The molecule has 0 aromatic rings. The average Bonchev–Trinajstić information content (AvgIpc) is 2.46. The number of likely N-dealkylation sites (tertiary alicyclic amines) is 1. The molecule has 0 radical (unpaired) electrons. The standard InChI is InChI=1S/C16H32N2O/c1-3-4-16-13-15(8-12-19-16)18-10-6-14(7-11-18)5-9-17-2/h14-17H,3-13H2,1-2H3. The average molecular weight is 268 g/mol. The maximum absolute atomic E-state index is 5.88. The molecule has 2 unspecified atom stereocenters. The van der Waals surface area contributed by atoms with Crippen molar-refractivity contribution in [3.05, 3.63) is 0 Å². The van der Waals surface area contributed by atoms with Crippen LogP contribution < -0.4 is 5.32 Å². The monoisotopic (exact) mass is 268 g/mol. The normalized spacial score (nSPS) is 30.6. The molecule has 0 saturated carbocycles. The van der Waals surface area contributed by atoms with E-state index in [0.717, 1.165) is 18.6 Å². The van der Waals surface area contributed by atoms with Crippen molar-refractivity contribution in [3.63, 3.8) is 0 Å². The molecule has 0 aromatic carbocycles. The van der Waals surface area contributed by atoms with Crippen LogP contribution in [0.25, 0.3) is 0 Å². The van der Waals surface area contributed by atoms with E-state index in [1.807, 2.05) is 0 Å². The van der Waals surface area contributed by atoms with Crippen LogP contribution in [-0.4, -0.2) is 50.3 Å². The molecular formula is C16H32N2O. The fourth-order valence-electron chi connectivity index (χ4n) is 3.67. The first-order valence-electron chi connectivity index (χ1n) is 8.33. The van der Waals surface area contributed by atoms with Crippen LogP contribution in [0.2, 0.25) is 0 Å². The first-order chi connectivity index (χ1) is 9.33. The van der Waals surface area contributed by atoms with Crippen molar-refractivity contribution in [1.29, 1.82) is 0 Å². The zero-order valence-corrected chi connectivity index (χ0v) is 12.9.